The fourth-order valence-electron chi connectivity index (χ4n) is 3.47. The van der Waals surface area contributed by atoms with Gasteiger partial charge in [-0.25, -0.2) is 9.51 Å². The molecular weight excluding hydrogens is 378 g/mol. The van der Waals surface area contributed by atoms with E-state index in [1.54, 1.807) is 4.52 Å². The Kier molecular flexibility index (Phi) is 5.45. The molecule has 0 bridgehead atoms. The number of nitrogens with one attached hydrogen (secondary N) is 1. The smallest absolute Gasteiger partial charge is 0.207 e. The Morgan fingerprint density at radius 3 is 2.86 bits per heavy atom. The molecule has 7 nitrogen and oxygen atoms in total. The van der Waals surface area contributed by atoms with Crippen molar-refractivity contribution in [2.45, 2.75) is 19.3 Å². The predicted molar refractivity (Wildman–Crippen MR) is 111 cm³/mol. The molecule has 2 aliphatic rings. The van der Waals surface area contributed by atoms with E-state index in [-0.39, 0.29) is 16.5 Å². The number of rotatable bonds is 5. The Balaban J connectivity index is 1.60. The van der Waals surface area contributed by atoms with E-state index < -0.39 is 5.78 Å². The topological polar surface area (TPSA) is 82.2 Å². The minimum absolute atomic E-state index is 0.0921. The fourth-order valence-corrected chi connectivity index (χ4v) is 3.63. The number of anilines is 1. The van der Waals surface area contributed by atoms with Crippen molar-refractivity contribution in [3.63, 3.8) is 0 Å². The largest absolute Gasteiger partial charge is 0.506 e. The second-order valence-corrected chi connectivity index (χ2v) is 7.35. The lowest BCUT2D eigenvalue weighted by Crippen LogP contribution is -2.33. The van der Waals surface area contributed by atoms with Crippen LogP contribution in [0.4, 0.5) is 11.5 Å². The monoisotopic (exact) mass is 399 g/mol. The van der Waals surface area contributed by atoms with Crippen LogP contribution in [0.15, 0.2) is 52.3 Å². The molecule has 0 unspecified atom stereocenters. The molecule has 0 spiro atoms. The van der Waals surface area contributed by atoms with Gasteiger partial charge >= 0.3 is 0 Å². The van der Waals surface area contributed by atoms with Crippen LogP contribution in [-0.2, 0) is 4.79 Å². The summed E-state index contributed by atoms with van der Waals surface area (Å²) in [6.45, 7) is 3.95. The van der Waals surface area contributed by atoms with Gasteiger partial charge in [0.2, 0.25) is 5.78 Å². The number of fused-ring (bicyclic) bond motifs is 1. The van der Waals surface area contributed by atoms with Crippen LogP contribution in [0.1, 0.15) is 19.3 Å². The number of ketones is 1. The Labute approximate surface area is 168 Å². The quantitative estimate of drug-likeness (QED) is 0.752. The van der Waals surface area contributed by atoms with Crippen molar-refractivity contribution in [1.29, 1.82) is 0 Å². The minimum atomic E-state index is -0.392. The molecule has 0 saturated carbocycles. The van der Waals surface area contributed by atoms with Crippen LogP contribution in [-0.4, -0.2) is 57.3 Å². The van der Waals surface area contributed by atoms with E-state index in [4.69, 9.17) is 11.6 Å². The number of piperidine rings is 1. The summed E-state index contributed by atoms with van der Waals surface area (Å²) < 4.78 is 1.73. The van der Waals surface area contributed by atoms with Crippen LogP contribution in [0.25, 0.3) is 5.52 Å². The molecule has 2 aromatic rings. The number of pyridine rings is 1. The zero-order valence-electron chi connectivity index (χ0n) is 15.4. The number of nitrogens with zero attached hydrogens (tertiary/aromatic N) is 4. The first kappa shape index (κ1) is 18.7. The maximum absolute atomic E-state index is 12.2. The van der Waals surface area contributed by atoms with Crippen LogP contribution < -0.4 is 5.32 Å². The predicted octanol–water partition coefficient (Wildman–Crippen LogP) is 3.45. The van der Waals surface area contributed by atoms with Crippen LogP contribution in [0, 0.1) is 0 Å². The van der Waals surface area contributed by atoms with E-state index >= 15 is 0 Å². The zero-order valence-corrected chi connectivity index (χ0v) is 16.2. The summed E-state index contributed by atoms with van der Waals surface area (Å²) in [7, 11) is 0. The van der Waals surface area contributed by atoms with Crippen LogP contribution >= 0.6 is 11.6 Å². The van der Waals surface area contributed by atoms with E-state index in [2.05, 4.69) is 20.3 Å². The van der Waals surface area contributed by atoms with Crippen molar-refractivity contribution in [2.75, 3.05) is 31.5 Å². The molecule has 1 aliphatic heterocycles. The number of aliphatic imine (C=N–C) groups is 1. The summed E-state index contributed by atoms with van der Waals surface area (Å²) in [5.74, 6) is -0.0198. The first-order valence-electron chi connectivity index (χ1n) is 9.46. The lowest BCUT2D eigenvalue weighted by Gasteiger charge is -2.26. The van der Waals surface area contributed by atoms with Gasteiger partial charge in [0.25, 0.3) is 0 Å². The summed E-state index contributed by atoms with van der Waals surface area (Å²) in [4.78, 5) is 19.2. The summed E-state index contributed by atoms with van der Waals surface area (Å²) >= 11 is 5.96. The number of likely N-dealkylation sites (tertiary alicyclic amines) is 1. The van der Waals surface area contributed by atoms with Gasteiger partial charge in [-0.05, 0) is 44.1 Å². The molecule has 0 amide bonds. The normalized spacial score (nSPS) is 19.8. The van der Waals surface area contributed by atoms with Crippen molar-refractivity contribution in [1.82, 2.24) is 14.5 Å². The van der Waals surface area contributed by atoms with Crippen molar-refractivity contribution in [2.24, 2.45) is 4.99 Å². The average molecular weight is 400 g/mol. The molecule has 1 aliphatic carbocycles. The third-order valence-corrected chi connectivity index (χ3v) is 5.25. The van der Waals surface area contributed by atoms with Crippen molar-refractivity contribution >= 4 is 40.1 Å². The van der Waals surface area contributed by atoms with Gasteiger partial charge in [0.1, 0.15) is 17.2 Å². The van der Waals surface area contributed by atoms with E-state index in [9.17, 15) is 9.90 Å². The summed E-state index contributed by atoms with van der Waals surface area (Å²) in [5, 5.41) is 17.6. The van der Waals surface area contributed by atoms with E-state index in [1.807, 2.05) is 24.4 Å². The van der Waals surface area contributed by atoms with Gasteiger partial charge in [-0.15, -0.1) is 5.10 Å². The van der Waals surface area contributed by atoms with E-state index in [1.165, 1.54) is 25.3 Å². The Bertz CT molecular complexity index is 986. The second-order valence-electron chi connectivity index (χ2n) is 6.94. The Hall–Kier alpha value is -2.64. The highest BCUT2D eigenvalue weighted by molar-refractivity contribution is 6.52. The van der Waals surface area contributed by atoms with Gasteiger partial charge in [-0.1, -0.05) is 24.1 Å². The summed E-state index contributed by atoms with van der Waals surface area (Å²) in [6.07, 6.45) is 8.11. The third kappa shape index (κ3) is 3.95. The fraction of sp³-hybridized carbons (Fsp3) is 0.350. The van der Waals surface area contributed by atoms with Crippen LogP contribution in [0.2, 0.25) is 0 Å². The molecule has 0 atom stereocenters. The first-order chi connectivity index (χ1) is 13.6. The number of aromatic nitrogens is 2. The number of aliphatic hydroxyl groups excluding tert-OH is 1. The van der Waals surface area contributed by atoms with Crippen molar-refractivity contribution < 1.29 is 9.90 Å². The number of halogens is 1. The van der Waals surface area contributed by atoms with Gasteiger partial charge in [-0.3, -0.25) is 4.79 Å². The lowest BCUT2D eigenvalue weighted by molar-refractivity contribution is -0.109. The average Bonchev–Trinajstić information content (AvgIpc) is 3.04. The Morgan fingerprint density at radius 1 is 1.21 bits per heavy atom. The molecule has 2 aromatic heterocycles. The standard InChI is InChI=1S/C20H22ClN5O2/c21-14-12-15(18(28)13-17(14)27)23-19-16-6-2-5-10-26(16)24-20(19)22-7-11-25-8-3-1-4-9-25/h2,5-6,10,12-13,27H,1,3-4,7-9,11H2,(H,22,24). The molecule has 2 N–H and O–H groups in total. The third-order valence-electron chi connectivity index (χ3n) is 4.94. The number of carbonyl (C=O) groups is 1. The maximum Gasteiger partial charge on any atom is 0.207 e. The van der Waals surface area contributed by atoms with Gasteiger partial charge in [0.05, 0.1) is 10.5 Å². The molecule has 1 fully saturated rings. The van der Waals surface area contributed by atoms with Crippen LogP contribution in [0.5, 0.6) is 0 Å². The highest BCUT2D eigenvalue weighted by Crippen LogP contribution is 2.31. The molecule has 3 heterocycles. The number of hydrogen-bond donors (Lipinski definition) is 2. The SMILES string of the molecule is O=C1C=C(O)C(Cl)=CC1=Nc1c(NCCN2CCCCC2)nn2ccccc12. The van der Waals surface area contributed by atoms with Crippen LogP contribution in [0.3, 0.4) is 0 Å². The van der Waals surface area contributed by atoms with Gasteiger partial charge in [-0.2, -0.15) is 0 Å². The molecule has 0 aromatic carbocycles. The second kappa shape index (κ2) is 8.16. The summed E-state index contributed by atoms with van der Waals surface area (Å²) in [5.41, 5.74) is 1.53. The van der Waals surface area contributed by atoms with Gasteiger partial charge < -0.3 is 15.3 Å². The number of aliphatic hydroxyl groups is 1. The first-order valence-corrected chi connectivity index (χ1v) is 9.84. The molecule has 146 valence electrons. The summed E-state index contributed by atoms with van der Waals surface area (Å²) in [6, 6.07) is 5.68. The van der Waals surface area contributed by atoms with Crippen molar-refractivity contribution in [3.8, 4) is 0 Å². The highest BCUT2D eigenvalue weighted by Gasteiger charge is 2.20. The Morgan fingerprint density at radius 2 is 2.04 bits per heavy atom. The van der Waals surface area contributed by atoms with Gasteiger partial charge in [0, 0.05) is 25.4 Å². The molecule has 1 saturated heterocycles. The molecule has 28 heavy (non-hydrogen) atoms. The minimum Gasteiger partial charge on any atom is -0.506 e. The highest BCUT2D eigenvalue weighted by atomic mass is 35.5. The molecule has 8 heteroatoms. The van der Waals surface area contributed by atoms with E-state index in [0.717, 1.165) is 37.8 Å². The molecule has 4 rings (SSSR count). The van der Waals surface area contributed by atoms with Gasteiger partial charge in [0.15, 0.2) is 5.82 Å². The number of allylic oxidation sites excluding steroid dienone is 3. The van der Waals surface area contributed by atoms with Crippen molar-refractivity contribution in [3.05, 3.63) is 47.3 Å². The molecular formula is C20H22ClN5O2. The maximum atomic E-state index is 12.2. The lowest BCUT2D eigenvalue weighted by atomic mass is 10.1. The zero-order chi connectivity index (χ0) is 19.5. The van der Waals surface area contributed by atoms with E-state index in [0.29, 0.717) is 11.5 Å². The molecule has 0 radical (unpaired) electrons. The number of carbonyl (C=O) groups excluding carboxylic acids is 1. The number of hydrogen-bond acceptors (Lipinski definition) is 6.